The summed E-state index contributed by atoms with van der Waals surface area (Å²) in [6.07, 6.45) is -5.51. The smallest absolute Gasteiger partial charge is 0.401 e. The van der Waals surface area contributed by atoms with E-state index >= 15 is 0 Å². The van der Waals surface area contributed by atoms with Crippen LogP contribution in [0.15, 0.2) is 48.0 Å². The van der Waals surface area contributed by atoms with Gasteiger partial charge >= 0.3 is 6.18 Å². The average molecular weight is 636 g/mol. The van der Waals surface area contributed by atoms with Gasteiger partial charge < -0.3 is 26.2 Å². The molecule has 0 aliphatic carbocycles. The molecule has 3 amide bonds. The molecule has 0 bridgehead atoms. The summed E-state index contributed by atoms with van der Waals surface area (Å²) in [7, 11) is 0. The van der Waals surface area contributed by atoms with Crippen LogP contribution in [0, 0.1) is 30.0 Å². The average Bonchev–Trinajstić information content (AvgIpc) is 2.91. The van der Waals surface area contributed by atoms with E-state index in [0.717, 1.165) is 6.92 Å². The van der Waals surface area contributed by atoms with Gasteiger partial charge in [0.05, 0.1) is 12.6 Å². The molecule has 0 fully saturated rings. The summed E-state index contributed by atoms with van der Waals surface area (Å²) in [5.41, 5.74) is 3.01. The summed E-state index contributed by atoms with van der Waals surface area (Å²) in [4.78, 5) is 38.7. The zero-order valence-electron chi connectivity index (χ0n) is 25.5. The maximum Gasteiger partial charge on any atom is 0.401 e. The fourth-order valence-electron chi connectivity index (χ4n) is 4.39. The van der Waals surface area contributed by atoms with E-state index < -0.39 is 72.5 Å². The molecule has 10 nitrogen and oxygen atoms in total. The van der Waals surface area contributed by atoms with Crippen LogP contribution in [0.25, 0.3) is 6.08 Å². The lowest BCUT2D eigenvalue weighted by atomic mass is 9.78. The Morgan fingerprint density at radius 3 is 2.33 bits per heavy atom. The first kappa shape index (κ1) is 36.7. The third-order valence-electron chi connectivity index (χ3n) is 6.62. The van der Waals surface area contributed by atoms with Crippen molar-refractivity contribution in [2.75, 3.05) is 13.2 Å². The molecule has 0 aliphatic rings. The van der Waals surface area contributed by atoms with Crippen LogP contribution in [0.1, 0.15) is 44.4 Å². The summed E-state index contributed by atoms with van der Waals surface area (Å²) in [6.45, 7) is 4.90. The molecule has 0 spiro atoms. The predicted molar refractivity (Wildman–Crippen MR) is 158 cm³/mol. The Hall–Kier alpha value is -4.48. The molecule has 14 heteroatoms. The molecule has 0 saturated carbocycles. The molecule has 2 aromatic carbocycles. The van der Waals surface area contributed by atoms with Crippen LogP contribution in [0.2, 0.25) is 0 Å². The Morgan fingerprint density at radius 2 is 1.80 bits per heavy atom. The lowest BCUT2D eigenvalue weighted by molar-refractivity contribution is -0.153. The Balaban J connectivity index is 2.47. The highest BCUT2D eigenvalue weighted by atomic mass is 19.4. The van der Waals surface area contributed by atoms with Crippen molar-refractivity contribution in [2.45, 2.75) is 64.5 Å². The lowest BCUT2D eigenvalue weighted by Gasteiger charge is -2.40. The third kappa shape index (κ3) is 10.6. The van der Waals surface area contributed by atoms with Gasteiger partial charge in [0.25, 0.3) is 5.91 Å². The highest BCUT2D eigenvalue weighted by Crippen LogP contribution is 2.27. The van der Waals surface area contributed by atoms with E-state index in [0.29, 0.717) is 11.1 Å². The number of halogens is 4. The maximum atomic E-state index is 14.4. The number of alkyl halides is 3. The van der Waals surface area contributed by atoms with Gasteiger partial charge in [-0.2, -0.15) is 18.4 Å². The monoisotopic (exact) mass is 635 g/mol. The number of aliphatic hydroxyl groups excluding tert-OH is 1. The number of hydrogen-bond acceptors (Lipinski definition) is 7. The number of amides is 3. The van der Waals surface area contributed by atoms with Gasteiger partial charge in [-0.15, -0.1) is 0 Å². The van der Waals surface area contributed by atoms with Crippen molar-refractivity contribution in [1.82, 2.24) is 16.0 Å². The van der Waals surface area contributed by atoms with E-state index in [4.69, 9.17) is 10.5 Å². The van der Waals surface area contributed by atoms with Crippen LogP contribution < -0.4 is 26.4 Å². The number of hydrogen-bond donors (Lipinski definition) is 5. The Kier molecular flexibility index (Phi) is 12.2. The number of nitrogens with one attached hydrogen (secondary N) is 3. The second-order valence-corrected chi connectivity index (χ2v) is 11.5. The van der Waals surface area contributed by atoms with Crippen LogP contribution in [-0.4, -0.2) is 59.3 Å². The number of ether oxygens (including phenoxy) is 1. The summed E-state index contributed by atoms with van der Waals surface area (Å²) in [6, 6.07) is 11.9. The number of benzene rings is 2. The molecule has 2 rings (SSSR count). The minimum Gasteiger partial charge on any atom is -0.493 e. The molecule has 0 heterocycles. The minimum atomic E-state index is -4.86. The van der Waals surface area contributed by atoms with E-state index in [1.54, 1.807) is 39.8 Å². The first-order valence-corrected chi connectivity index (χ1v) is 13.8. The van der Waals surface area contributed by atoms with Crippen LogP contribution in [0.5, 0.6) is 5.75 Å². The number of aliphatic hydroxyl groups is 1. The van der Waals surface area contributed by atoms with Crippen molar-refractivity contribution in [3.8, 4) is 11.8 Å². The number of nitriles is 1. The number of primary amides is 1. The fraction of sp³-hybridized carbons (Fsp3) is 0.419. The van der Waals surface area contributed by atoms with Gasteiger partial charge in [-0.25, -0.2) is 4.39 Å². The Labute approximate surface area is 258 Å². The van der Waals surface area contributed by atoms with Crippen molar-refractivity contribution in [3.63, 3.8) is 0 Å². The standard InChI is InChI=1S/C31H37F4N5O5/c1-18-9-10-21(25(32)11-18)15-38-27(43)24(31(19(2)41,28(37)44)39-17-30(33,34)35)16-45-23-8-6-7-20(13-23)12-22(14-36)26(42)40-29(3,4)5/h6-13,19,24,39,41H,15-17H2,1-5H3,(H2,37,44)(H,38,43)(H,40,42)/t19?,24-,31?/m0/s1. The summed E-state index contributed by atoms with van der Waals surface area (Å²) in [5, 5.41) is 27.1. The molecular weight excluding hydrogens is 598 g/mol. The normalized spacial score (nSPS) is 14.8. The van der Waals surface area contributed by atoms with Gasteiger partial charge in [0, 0.05) is 17.6 Å². The van der Waals surface area contributed by atoms with Gasteiger partial charge in [0.2, 0.25) is 11.8 Å². The molecule has 0 aliphatic heterocycles. The molecule has 2 unspecified atom stereocenters. The lowest BCUT2D eigenvalue weighted by Crippen LogP contribution is -2.71. The van der Waals surface area contributed by atoms with Gasteiger partial charge in [-0.3, -0.25) is 19.7 Å². The number of carbonyl (C=O) groups excluding carboxylic acids is 3. The highest BCUT2D eigenvalue weighted by molar-refractivity contribution is 6.02. The van der Waals surface area contributed by atoms with E-state index in [2.05, 4.69) is 10.6 Å². The van der Waals surface area contributed by atoms with Crippen LogP contribution in [-0.2, 0) is 20.9 Å². The van der Waals surface area contributed by atoms with Crippen LogP contribution in [0.3, 0.4) is 0 Å². The summed E-state index contributed by atoms with van der Waals surface area (Å²) < 4.78 is 60.0. The number of rotatable bonds is 13. The topological polar surface area (TPSA) is 167 Å². The molecule has 3 atom stereocenters. The second-order valence-electron chi connectivity index (χ2n) is 11.5. The number of aryl methyl sites for hydroxylation is 1. The van der Waals surface area contributed by atoms with E-state index in [9.17, 15) is 42.3 Å². The zero-order valence-corrected chi connectivity index (χ0v) is 25.5. The van der Waals surface area contributed by atoms with Gasteiger partial charge in [0.1, 0.15) is 41.3 Å². The summed E-state index contributed by atoms with van der Waals surface area (Å²) >= 11 is 0. The minimum absolute atomic E-state index is 0.0411. The Bertz CT molecular complexity index is 1460. The molecule has 2 aromatic rings. The van der Waals surface area contributed by atoms with Crippen LogP contribution >= 0.6 is 0 Å². The van der Waals surface area contributed by atoms with Crippen molar-refractivity contribution in [2.24, 2.45) is 11.7 Å². The SMILES string of the molecule is Cc1ccc(CNC(=O)[C@H](COc2cccc(C=C(C#N)C(=O)NC(C)(C)C)c2)C(NCC(F)(F)F)(C(N)=O)C(C)O)c(F)c1. The van der Waals surface area contributed by atoms with Crippen molar-refractivity contribution < 1.29 is 41.8 Å². The van der Waals surface area contributed by atoms with Gasteiger partial charge in [-0.1, -0.05) is 24.3 Å². The molecule has 0 saturated heterocycles. The van der Waals surface area contributed by atoms with E-state index in [1.165, 1.54) is 36.4 Å². The number of carbonyl (C=O) groups is 3. The van der Waals surface area contributed by atoms with Crippen molar-refractivity contribution in [1.29, 1.82) is 5.26 Å². The van der Waals surface area contributed by atoms with E-state index in [1.807, 2.05) is 11.4 Å². The molecule has 0 aromatic heterocycles. The number of nitrogens with zero attached hydrogens (tertiary/aromatic N) is 1. The first-order chi connectivity index (χ1) is 20.8. The largest absolute Gasteiger partial charge is 0.493 e. The highest BCUT2D eigenvalue weighted by Gasteiger charge is 2.53. The van der Waals surface area contributed by atoms with Crippen molar-refractivity contribution in [3.05, 3.63) is 70.5 Å². The molecule has 6 N–H and O–H groups in total. The zero-order chi connectivity index (χ0) is 34.2. The third-order valence-corrected chi connectivity index (χ3v) is 6.62. The van der Waals surface area contributed by atoms with Crippen molar-refractivity contribution >= 4 is 23.8 Å². The first-order valence-electron chi connectivity index (χ1n) is 13.8. The number of nitrogens with two attached hydrogens (primary N) is 1. The molecular formula is C31H37F4N5O5. The molecule has 0 radical (unpaired) electrons. The second kappa shape index (κ2) is 15.0. The maximum absolute atomic E-state index is 14.4. The molecule has 45 heavy (non-hydrogen) atoms. The quantitative estimate of drug-likeness (QED) is 0.128. The fourth-order valence-corrected chi connectivity index (χ4v) is 4.39. The predicted octanol–water partition coefficient (Wildman–Crippen LogP) is 3.02. The van der Waals surface area contributed by atoms with Gasteiger partial charge in [0.15, 0.2) is 0 Å². The summed E-state index contributed by atoms with van der Waals surface area (Å²) in [5.74, 6) is -5.63. The van der Waals surface area contributed by atoms with Crippen LogP contribution in [0.4, 0.5) is 17.6 Å². The molecule has 244 valence electrons. The Morgan fingerprint density at radius 1 is 1.13 bits per heavy atom. The van der Waals surface area contributed by atoms with Gasteiger partial charge in [-0.05, 0) is 70.0 Å². The van der Waals surface area contributed by atoms with E-state index in [-0.39, 0.29) is 16.9 Å².